The smallest absolute Gasteiger partial charge is 0.249 e. The highest BCUT2D eigenvalue weighted by Crippen LogP contribution is 2.38. The van der Waals surface area contributed by atoms with Crippen molar-refractivity contribution in [1.82, 2.24) is 15.2 Å². The SMILES string of the molecule is COc1cc(CC(=O)Nc2n[nH]c(-c3ccc(F)cc3)n2)cc(OC)c1OC. The fourth-order valence-corrected chi connectivity index (χ4v) is 2.65. The quantitative estimate of drug-likeness (QED) is 0.648. The van der Waals surface area contributed by atoms with Gasteiger partial charge < -0.3 is 14.2 Å². The maximum Gasteiger partial charge on any atom is 0.249 e. The Balaban J connectivity index is 1.72. The highest BCUT2D eigenvalue weighted by atomic mass is 19.1. The molecule has 8 nitrogen and oxygen atoms in total. The standard InChI is InChI=1S/C19H19FN4O4/c1-26-14-8-11(9-15(27-2)17(14)28-3)10-16(25)21-19-22-18(23-24-19)12-4-6-13(20)7-5-12/h4-9H,10H2,1-3H3,(H2,21,22,23,24,25). The van der Waals surface area contributed by atoms with E-state index in [1.165, 1.54) is 33.5 Å². The van der Waals surface area contributed by atoms with Crippen LogP contribution in [0.15, 0.2) is 36.4 Å². The summed E-state index contributed by atoms with van der Waals surface area (Å²) in [6, 6.07) is 9.17. The van der Waals surface area contributed by atoms with E-state index in [0.29, 0.717) is 34.2 Å². The van der Waals surface area contributed by atoms with Gasteiger partial charge in [0.25, 0.3) is 0 Å². The number of benzene rings is 2. The van der Waals surface area contributed by atoms with Gasteiger partial charge in [-0.3, -0.25) is 15.2 Å². The summed E-state index contributed by atoms with van der Waals surface area (Å²) in [4.78, 5) is 16.6. The van der Waals surface area contributed by atoms with Gasteiger partial charge in [0.05, 0.1) is 27.8 Å². The summed E-state index contributed by atoms with van der Waals surface area (Å²) < 4.78 is 28.9. The minimum absolute atomic E-state index is 0.0527. The lowest BCUT2D eigenvalue weighted by atomic mass is 10.1. The number of carbonyl (C=O) groups is 1. The van der Waals surface area contributed by atoms with E-state index in [2.05, 4.69) is 20.5 Å². The third-order valence-electron chi connectivity index (χ3n) is 3.94. The molecule has 0 fully saturated rings. The molecule has 0 saturated heterocycles. The number of ether oxygens (including phenoxy) is 3. The number of carbonyl (C=O) groups excluding carboxylic acids is 1. The number of aromatic amines is 1. The third kappa shape index (κ3) is 4.20. The number of hydrogen-bond acceptors (Lipinski definition) is 6. The first-order valence-electron chi connectivity index (χ1n) is 8.31. The van der Waals surface area contributed by atoms with E-state index < -0.39 is 0 Å². The summed E-state index contributed by atoms with van der Waals surface area (Å²) in [7, 11) is 4.52. The molecule has 1 heterocycles. The van der Waals surface area contributed by atoms with Crippen molar-refractivity contribution in [3.05, 3.63) is 47.8 Å². The van der Waals surface area contributed by atoms with Crippen LogP contribution < -0.4 is 19.5 Å². The van der Waals surface area contributed by atoms with Crippen LogP contribution in [0.3, 0.4) is 0 Å². The molecule has 0 radical (unpaired) electrons. The van der Waals surface area contributed by atoms with E-state index >= 15 is 0 Å². The van der Waals surface area contributed by atoms with E-state index in [1.807, 2.05) is 0 Å². The topological polar surface area (TPSA) is 98.4 Å². The maximum atomic E-state index is 13.0. The fraction of sp³-hybridized carbons (Fsp3) is 0.211. The largest absolute Gasteiger partial charge is 0.493 e. The van der Waals surface area contributed by atoms with Gasteiger partial charge >= 0.3 is 0 Å². The number of methoxy groups -OCH3 is 3. The minimum Gasteiger partial charge on any atom is -0.493 e. The van der Waals surface area contributed by atoms with Gasteiger partial charge in [-0.05, 0) is 42.0 Å². The molecule has 28 heavy (non-hydrogen) atoms. The Kier molecular flexibility index (Phi) is 5.73. The molecule has 0 aliphatic carbocycles. The van der Waals surface area contributed by atoms with Gasteiger partial charge in [-0.1, -0.05) is 0 Å². The lowest BCUT2D eigenvalue weighted by molar-refractivity contribution is -0.115. The van der Waals surface area contributed by atoms with Crippen LogP contribution in [-0.4, -0.2) is 42.4 Å². The number of halogens is 1. The van der Waals surface area contributed by atoms with Crippen molar-refractivity contribution in [2.24, 2.45) is 0 Å². The average molecular weight is 386 g/mol. The zero-order chi connectivity index (χ0) is 20.1. The molecular weight excluding hydrogens is 367 g/mol. The second kappa shape index (κ2) is 8.38. The number of amides is 1. The first-order valence-corrected chi connectivity index (χ1v) is 8.31. The second-order valence-corrected chi connectivity index (χ2v) is 5.77. The van der Waals surface area contributed by atoms with Crippen LogP contribution in [0.4, 0.5) is 10.3 Å². The minimum atomic E-state index is -0.345. The van der Waals surface area contributed by atoms with Crippen molar-refractivity contribution in [3.8, 4) is 28.6 Å². The van der Waals surface area contributed by atoms with Crippen molar-refractivity contribution in [2.75, 3.05) is 26.6 Å². The zero-order valence-electron chi connectivity index (χ0n) is 15.6. The monoisotopic (exact) mass is 386 g/mol. The molecule has 0 aliphatic rings. The van der Waals surface area contributed by atoms with E-state index in [4.69, 9.17) is 14.2 Å². The summed E-state index contributed by atoms with van der Waals surface area (Å²) in [5, 5.41) is 9.28. The van der Waals surface area contributed by atoms with Crippen LogP contribution in [0.5, 0.6) is 17.2 Å². The van der Waals surface area contributed by atoms with E-state index in [1.54, 1.807) is 24.3 Å². The highest BCUT2D eigenvalue weighted by Gasteiger charge is 2.16. The molecular formula is C19H19FN4O4. The van der Waals surface area contributed by atoms with E-state index in [0.717, 1.165) is 0 Å². The molecule has 2 N–H and O–H groups in total. The van der Waals surface area contributed by atoms with Crippen molar-refractivity contribution in [3.63, 3.8) is 0 Å². The van der Waals surface area contributed by atoms with Crippen LogP contribution in [0.1, 0.15) is 5.56 Å². The number of nitrogens with zero attached hydrogens (tertiary/aromatic N) is 2. The number of rotatable bonds is 7. The van der Waals surface area contributed by atoms with E-state index in [-0.39, 0.29) is 24.1 Å². The molecule has 0 bridgehead atoms. The molecule has 0 atom stereocenters. The lowest BCUT2D eigenvalue weighted by Gasteiger charge is -2.13. The van der Waals surface area contributed by atoms with Crippen LogP contribution in [0.25, 0.3) is 11.4 Å². The number of aromatic nitrogens is 3. The van der Waals surface area contributed by atoms with Crippen molar-refractivity contribution < 1.29 is 23.4 Å². The zero-order valence-corrected chi connectivity index (χ0v) is 15.6. The average Bonchev–Trinajstić information content (AvgIpc) is 3.15. The molecule has 146 valence electrons. The maximum absolute atomic E-state index is 13.0. The Hall–Kier alpha value is -3.62. The Labute approximate surface area is 160 Å². The van der Waals surface area contributed by atoms with Crippen molar-refractivity contribution in [1.29, 1.82) is 0 Å². The van der Waals surface area contributed by atoms with Crippen LogP contribution >= 0.6 is 0 Å². The molecule has 9 heteroatoms. The molecule has 1 aromatic heterocycles. The van der Waals surface area contributed by atoms with Gasteiger partial charge in [0.15, 0.2) is 17.3 Å². The Bertz CT molecular complexity index is 947. The summed E-state index contributed by atoms with van der Waals surface area (Å²) in [5.74, 6) is 1.25. The first kappa shape index (κ1) is 19.2. The normalized spacial score (nSPS) is 10.4. The van der Waals surface area contributed by atoms with Gasteiger partial charge in [-0.15, -0.1) is 5.10 Å². The molecule has 0 spiro atoms. The van der Waals surface area contributed by atoms with Gasteiger partial charge in [0, 0.05) is 5.56 Å². The number of anilines is 1. The number of hydrogen-bond donors (Lipinski definition) is 2. The van der Waals surface area contributed by atoms with E-state index in [9.17, 15) is 9.18 Å². The molecule has 3 rings (SSSR count). The first-order chi connectivity index (χ1) is 13.5. The number of nitrogens with one attached hydrogen (secondary N) is 2. The fourth-order valence-electron chi connectivity index (χ4n) is 2.65. The van der Waals surface area contributed by atoms with Crippen molar-refractivity contribution in [2.45, 2.75) is 6.42 Å². The molecule has 3 aromatic rings. The highest BCUT2D eigenvalue weighted by molar-refractivity contribution is 5.91. The molecule has 2 aromatic carbocycles. The van der Waals surface area contributed by atoms with Gasteiger partial charge in [-0.25, -0.2) is 4.39 Å². The second-order valence-electron chi connectivity index (χ2n) is 5.77. The summed E-state index contributed by atoms with van der Waals surface area (Å²) >= 11 is 0. The van der Waals surface area contributed by atoms with Crippen molar-refractivity contribution >= 4 is 11.9 Å². The Morgan fingerprint density at radius 1 is 1.07 bits per heavy atom. The summed E-state index contributed by atoms with van der Waals surface area (Å²) in [6.07, 6.45) is 0.0527. The summed E-state index contributed by atoms with van der Waals surface area (Å²) in [6.45, 7) is 0. The molecule has 0 aliphatic heterocycles. The Morgan fingerprint density at radius 3 is 2.29 bits per heavy atom. The Morgan fingerprint density at radius 2 is 1.71 bits per heavy atom. The van der Waals surface area contributed by atoms with Gasteiger partial charge in [0.1, 0.15) is 5.82 Å². The van der Waals surface area contributed by atoms with Gasteiger partial charge in [-0.2, -0.15) is 4.98 Å². The van der Waals surface area contributed by atoms with Crippen LogP contribution in [0, 0.1) is 5.82 Å². The number of H-pyrrole nitrogens is 1. The molecule has 1 amide bonds. The summed E-state index contributed by atoms with van der Waals surface area (Å²) in [5.41, 5.74) is 1.32. The predicted molar refractivity (Wildman–Crippen MR) is 100 cm³/mol. The van der Waals surface area contributed by atoms with Gasteiger partial charge in [0.2, 0.25) is 17.6 Å². The molecule has 0 unspecified atom stereocenters. The van der Waals surface area contributed by atoms with Crippen LogP contribution in [0.2, 0.25) is 0 Å². The van der Waals surface area contributed by atoms with Crippen LogP contribution in [-0.2, 0) is 11.2 Å². The lowest BCUT2D eigenvalue weighted by Crippen LogP contribution is -2.15. The molecule has 0 saturated carbocycles. The predicted octanol–water partition coefficient (Wildman–Crippen LogP) is 2.82. The third-order valence-corrected chi connectivity index (χ3v) is 3.94.